The molecular formula is C24H24N4OS2. The van der Waals surface area contributed by atoms with E-state index in [-0.39, 0.29) is 11.7 Å². The van der Waals surface area contributed by atoms with Crippen molar-refractivity contribution in [2.75, 3.05) is 11.1 Å². The van der Waals surface area contributed by atoms with E-state index >= 15 is 0 Å². The van der Waals surface area contributed by atoms with E-state index in [0.29, 0.717) is 0 Å². The SMILES string of the molecule is Cc1ccccc1NC(=O)CSc1nnc(Cc2cccs2)n1CCc1ccccc1. The molecule has 0 aliphatic carbocycles. The Morgan fingerprint density at radius 3 is 2.61 bits per heavy atom. The van der Waals surface area contributed by atoms with Crippen molar-refractivity contribution in [1.82, 2.24) is 14.8 Å². The molecule has 31 heavy (non-hydrogen) atoms. The summed E-state index contributed by atoms with van der Waals surface area (Å²) in [5, 5.41) is 14.7. The lowest BCUT2D eigenvalue weighted by Gasteiger charge is -2.11. The first-order valence-corrected chi connectivity index (χ1v) is 12.0. The highest BCUT2D eigenvalue weighted by Gasteiger charge is 2.15. The summed E-state index contributed by atoms with van der Waals surface area (Å²) in [6.45, 7) is 2.76. The summed E-state index contributed by atoms with van der Waals surface area (Å²) >= 11 is 3.15. The Morgan fingerprint density at radius 1 is 1.03 bits per heavy atom. The first-order valence-electron chi connectivity index (χ1n) is 10.2. The topological polar surface area (TPSA) is 59.8 Å². The Bertz CT molecular complexity index is 1120. The molecule has 7 heteroatoms. The molecule has 0 bridgehead atoms. The fraction of sp³-hybridized carbons (Fsp3) is 0.208. The van der Waals surface area contributed by atoms with Gasteiger partial charge in [0.2, 0.25) is 5.91 Å². The maximum atomic E-state index is 12.5. The first-order chi connectivity index (χ1) is 15.2. The third-order valence-corrected chi connectivity index (χ3v) is 6.77. The molecule has 0 atom stereocenters. The summed E-state index contributed by atoms with van der Waals surface area (Å²) < 4.78 is 2.15. The van der Waals surface area contributed by atoms with Crippen LogP contribution >= 0.6 is 23.1 Å². The molecule has 0 spiro atoms. The molecule has 4 rings (SSSR count). The molecule has 1 N–H and O–H groups in total. The molecular weight excluding hydrogens is 424 g/mol. The summed E-state index contributed by atoms with van der Waals surface area (Å²) in [6, 6.07) is 22.4. The Balaban J connectivity index is 1.46. The van der Waals surface area contributed by atoms with Crippen LogP contribution in [-0.4, -0.2) is 26.4 Å². The number of hydrogen-bond donors (Lipinski definition) is 1. The second-order valence-corrected chi connectivity index (χ2v) is 9.17. The Hall–Kier alpha value is -2.90. The van der Waals surface area contributed by atoms with Gasteiger partial charge in [-0.25, -0.2) is 0 Å². The number of aryl methyl sites for hydroxylation is 2. The van der Waals surface area contributed by atoms with E-state index in [9.17, 15) is 4.79 Å². The maximum absolute atomic E-state index is 12.5. The van der Waals surface area contributed by atoms with Crippen LogP contribution in [0.3, 0.4) is 0 Å². The number of amides is 1. The van der Waals surface area contributed by atoms with E-state index in [0.717, 1.165) is 41.6 Å². The number of nitrogens with one attached hydrogen (secondary N) is 1. The largest absolute Gasteiger partial charge is 0.325 e. The van der Waals surface area contributed by atoms with Crippen molar-refractivity contribution >= 4 is 34.7 Å². The monoisotopic (exact) mass is 448 g/mol. The molecule has 0 aliphatic heterocycles. The number of thioether (sulfide) groups is 1. The van der Waals surface area contributed by atoms with Crippen LogP contribution in [0.1, 0.15) is 21.8 Å². The zero-order valence-corrected chi connectivity index (χ0v) is 19.0. The van der Waals surface area contributed by atoms with Gasteiger partial charge in [-0.3, -0.25) is 4.79 Å². The van der Waals surface area contributed by atoms with Gasteiger partial charge >= 0.3 is 0 Å². The molecule has 0 radical (unpaired) electrons. The summed E-state index contributed by atoms with van der Waals surface area (Å²) in [5.41, 5.74) is 3.16. The summed E-state index contributed by atoms with van der Waals surface area (Å²) in [6.07, 6.45) is 1.63. The molecule has 2 aromatic carbocycles. The second-order valence-electron chi connectivity index (χ2n) is 7.19. The van der Waals surface area contributed by atoms with E-state index in [4.69, 9.17) is 0 Å². The minimum absolute atomic E-state index is 0.0447. The smallest absolute Gasteiger partial charge is 0.234 e. The summed E-state index contributed by atoms with van der Waals surface area (Å²) in [7, 11) is 0. The average Bonchev–Trinajstić information content (AvgIpc) is 3.43. The van der Waals surface area contributed by atoms with Crippen molar-refractivity contribution in [1.29, 1.82) is 0 Å². The minimum atomic E-state index is -0.0447. The zero-order valence-electron chi connectivity index (χ0n) is 17.3. The van der Waals surface area contributed by atoms with E-state index in [2.05, 4.69) is 61.9 Å². The van der Waals surface area contributed by atoms with Crippen molar-refractivity contribution in [2.24, 2.45) is 0 Å². The number of aromatic nitrogens is 3. The fourth-order valence-electron chi connectivity index (χ4n) is 3.27. The first kappa shape index (κ1) is 21.3. The zero-order chi connectivity index (χ0) is 21.5. The summed E-state index contributed by atoms with van der Waals surface area (Å²) in [5.74, 6) is 1.17. The van der Waals surface area contributed by atoms with Gasteiger partial charge in [0, 0.05) is 23.5 Å². The Kier molecular flexibility index (Phi) is 7.17. The van der Waals surface area contributed by atoms with Crippen LogP contribution < -0.4 is 5.32 Å². The molecule has 158 valence electrons. The normalized spacial score (nSPS) is 10.9. The minimum Gasteiger partial charge on any atom is -0.325 e. The van der Waals surface area contributed by atoms with Crippen LogP contribution in [0.15, 0.2) is 77.3 Å². The molecule has 2 aromatic heterocycles. The molecule has 0 unspecified atom stereocenters. The van der Waals surface area contributed by atoms with Gasteiger partial charge in [0.15, 0.2) is 5.16 Å². The molecule has 1 amide bonds. The number of nitrogens with zero attached hydrogens (tertiary/aromatic N) is 3. The van der Waals surface area contributed by atoms with E-state index in [1.54, 1.807) is 11.3 Å². The highest BCUT2D eigenvalue weighted by Crippen LogP contribution is 2.22. The lowest BCUT2D eigenvalue weighted by molar-refractivity contribution is -0.113. The van der Waals surface area contributed by atoms with Crippen molar-refractivity contribution in [3.8, 4) is 0 Å². The van der Waals surface area contributed by atoms with Crippen LogP contribution in [0.5, 0.6) is 0 Å². The highest BCUT2D eigenvalue weighted by molar-refractivity contribution is 7.99. The molecule has 0 saturated heterocycles. The van der Waals surface area contributed by atoms with Gasteiger partial charge in [-0.15, -0.1) is 21.5 Å². The molecule has 0 saturated carbocycles. The van der Waals surface area contributed by atoms with Crippen LogP contribution in [0.4, 0.5) is 5.69 Å². The van der Waals surface area contributed by atoms with Crippen molar-refractivity contribution in [3.63, 3.8) is 0 Å². The highest BCUT2D eigenvalue weighted by atomic mass is 32.2. The fourth-order valence-corrected chi connectivity index (χ4v) is 4.75. The van der Waals surface area contributed by atoms with Crippen LogP contribution in [0.25, 0.3) is 0 Å². The number of anilines is 1. The second kappa shape index (κ2) is 10.4. The van der Waals surface area contributed by atoms with Gasteiger partial charge < -0.3 is 9.88 Å². The van der Waals surface area contributed by atoms with Crippen molar-refractivity contribution in [3.05, 3.63) is 93.9 Å². The molecule has 2 heterocycles. The van der Waals surface area contributed by atoms with Crippen LogP contribution in [0.2, 0.25) is 0 Å². The lowest BCUT2D eigenvalue weighted by atomic mass is 10.1. The number of thiophene rings is 1. The number of rotatable bonds is 9. The number of para-hydroxylation sites is 1. The van der Waals surface area contributed by atoms with Crippen molar-refractivity contribution in [2.45, 2.75) is 31.5 Å². The number of carbonyl (C=O) groups excluding carboxylic acids is 1. The van der Waals surface area contributed by atoms with E-state index in [1.807, 2.05) is 37.3 Å². The van der Waals surface area contributed by atoms with E-state index < -0.39 is 0 Å². The summed E-state index contributed by atoms with van der Waals surface area (Å²) in [4.78, 5) is 13.8. The van der Waals surface area contributed by atoms with Gasteiger partial charge in [0.05, 0.1) is 5.75 Å². The lowest BCUT2D eigenvalue weighted by Crippen LogP contribution is -2.15. The van der Waals surface area contributed by atoms with E-state index in [1.165, 1.54) is 22.2 Å². The average molecular weight is 449 g/mol. The standard InChI is InChI=1S/C24H24N4OS2/c1-18-8-5-6-12-21(18)25-23(29)17-31-24-27-26-22(16-20-11-7-15-30-20)28(24)14-13-19-9-3-2-4-10-19/h2-12,15H,13-14,16-17H2,1H3,(H,25,29). The molecule has 4 aromatic rings. The van der Waals surface area contributed by atoms with Gasteiger partial charge in [0.25, 0.3) is 0 Å². The number of benzene rings is 2. The molecule has 0 aliphatic rings. The van der Waals surface area contributed by atoms with Crippen LogP contribution in [0, 0.1) is 6.92 Å². The van der Waals surface area contributed by atoms with Gasteiger partial charge in [0.1, 0.15) is 5.82 Å². The predicted octanol–water partition coefficient (Wildman–Crippen LogP) is 5.21. The van der Waals surface area contributed by atoms with Gasteiger partial charge in [-0.05, 0) is 42.0 Å². The predicted molar refractivity (Wildman–Crippen MR) is 128 cm³/mol. The van der Waals surface area contributed by atoms with Crippen molar-refractivity contribution < 1.29 is 4.79 Å². The number of carbonyl (C=O) groups is 1. The van der Waals surface area contributed by atoms with Gasteiger partial charge in [-0.1, -0.05) is 66.4 Å². The third-order valence-electron chi connectivity index (χ3n) is 4.92. The molecule has 5 nitrogen and oxygen atoms in total. The van der Waals surface area contributed by atoms with Gasteiger partial charge in [-0.2, -0.15) is 0 Å². The number of hydrogen-bond acceptors (Lipinski definition) is 5. The quantitative estimate of drug-likeness (QED) is 0.357. The molecule has 0 fully saturated rings. The third kappa shape index (κ3) is 5.83. The maximum Gasteiger partial charge on any atom is 0.234 e. The Labute approximate surface area is 190 Å². The Morgan fingerprint density at radius 2 is 1.84 bits per heavy atom. The van der Waals surface area contributed by atoms with Crippen LogP contribution in [-0.2, 0) is 24.2 Å².